The molecule has 0 bridgehead atoms. The van der Waals surface area contributed by atoms with Crippen LogP contribution in [0.3, 0.4) is 0 Å². The molecule has 0 aliphatic carbocycles. The minimum Gasteiger partial charge on any atom is -0.486 e. The van der Waals surface area contributed by atoms with Gasteiger partial charge in [0.2, 0.25) is 10.0 Å². The Bertz CT molecular complexity index is 864. The van der Waals surface area contributed by atoms with E-state index in [1.165, 1.54) is 6.07 Å². The molecule has 1 saturated heterocycles. The van der Waals surface area contributed by atoms with Crippen molar-refractivity contribution < 1.29 is 22.6 Å². The second-order valence-electron chi connectivity index (χ2n) is 6.38. The van der Waals surface area contributed by atoms with Gasteiger partial charge in [0.15, 0.2) is 11.5 Å². The summed E-state index contributed by atoms with van der Waals surface area (Å²) in [6.07, 6.45) is 0. The van der Waals surface area contributed by atoms with Gasteiger partial charge in [0.25, 0.3) is 0 Å². The zero-order chi connectivity index (χ0) is 18.7. The smallest absolute Gasteiger partial charge is 0.240 e. The van der Waals surface area contributed by atoms with Crippen LogP contribution in [0.5, 0.6) is 11.5 Å². The Morgan fingerprint density at radius 3 is 2.59 bits per heavy atom. The summed E-state index contributed by atoms with van der Waals surface area (Å²) in [5.41, 5.74) is 1.12. The fraction of sp³-hybridized carbons (Fsp3) is 0.444. The molecular weight excluding hydrogens is 388 g/mol. The maximum atomic E-state index is 12.8. The number of nitrogens with one attached hydrogen (secondary N) is 1. The molecule has 1 aromatic heterocycles. The van der Waals surface area contributed by atoms with E-state index in [1.807, 2.05) is 11.4 Å². The summed E-state index contributed by atoms with van der Waals surface area (Å²) < 4.78 is 44.8. The number of sulfonamides is 1. The van der Waals surface area contributed by atoms with Gasteiger partial charge in [-0.15, -0.1) is 0 Å². The maximum Gasteiger partial charge on any atom is 0.240 e. The molecule has 1 aromatic carbocycles. The highest BCUT2D eigenvalue weighted by atomic mass is 32.2. The Morgan fingerprint density at radius 2 is 1.85 bits per heavy atom. The van der Waals surface area contributed by atoms with Gasteiger partial charge in [0.1, 0.15) is 13.2 Å². The minimum atomic E-state index is -3.66. The molecule has 1 N–H and O–H groups in total. The normalized spacial score (nSPS) is 19.0. The zero-order valence-electron chi connectivity index (χ0n) is 14.8. The third-order valence-electron chi connectivity index (χ3n) is 4.71. The summed E-state index contributed by atoms with van der Waals surface area (Å²) >= 11 is 1.61. The lowest BCUT2D eigenvalue weighted by atomic mass is 10.1. The van der Waals surface area contributed by atoms with Crippen LogP contribution in [0.4, 0.5) is 0 Å². The molecule has 2 aromatic rings. The van der Waals surface area contributed by atoms with Crippen LogP contribution in [0.2, 0.25) is 0 Å². The van der Waals surface area contributed by atoms with Gasteiger partial charge in [0.05, 0.1) is 18.1 Å². The van der Waals surface area contributed by atoms with Crippen LogP contribution in [-0.2, 0) is 14.8 Å². The van der Waals surface area contributed by atoms with Gasteiger partial charge < -0.3 is 14.2 Å². The van der Waals surface area contributed by atoms with Crippen molar-refractivity contribution in [3.63, 3.8) is 0 Å². The summed E-state index contributed by atoms with van der Waals surface area (Å²) in [5.74, 6) is 1.04. The molecule has 0 amide bonds. The van der Waals surface area contributed by atoms with Crippen molar-refractivity contribution >= 4 is 21.4 Å². The number of fused-ring (bicyclic) bond motifs is 1. The fourth-order valence-corrected chi connectivity index (χ4v) is 5.03. The Kier molecular flexibility index (Phi) is 5.65. The molecule has 146 valence electrons. The van der Waals surface area contributed by atoms with Crippen LogP contribution < -0.4 is 14.2 Å². The Morgan fingerprint density at radius 1 is 1.07 bits per heavy atom. The highest BCUT2D eigenvalue weighted by Gasteiger charge is 2.26. The third kappa shape index (κ3) is 4.27. The lowest BCUT2D eigenvalue weighted by Gasteiger charge is -2.34. The lowest BCUT2D eigenvalue weighted by Crippen LogP contribution is -2.43. The number of hydrogen-bond acceptors (Lipinski definition) is 7. The van der Waals surface area contributed by atoms with E-state index in [-0.39, 0.29) is 10.9 Å². The fourth-order valence-electron chi connectivity index (χ4n) is 3.27. The minimum absolute atomic E-state index is 0.0212. The van der Waals surface area contributed by atoms with E-state index in [0.29, 0.717) is 44.5 Å². The SMILES string of the molecule is O=S(=O)(NC[C@H](c1ccsc1)N1CCOCC1)c1ccc2c(c1)OCCO2. The monoisotopic (exact) mass is 410 g/mol. The molecular formula is C18H22N2O5S2. The maximum absolute atomic E-state index is 12.8. The molecule has 9 heteroatoms. The first-order valence-electron chi connectivity index (χ1n) is 8.87. The molecule has 2 aliphatic rings. The highest BCUT2D eigenvalue weighted by Crippen LogP contribution is 2.32. The standard InChI is InChI=1S/C18H22N2O5S2/c21-27(22,15-1-2-17-18(11-15)25-9-8-24-17)19-12-16(14-3-10-26-13-14)20-4-6-23-7-5-20/h1-3,10-11,13,16,19H,4-9,12H2/t16-/m1/s1. The lowest BCUT2D eigenvalue weighted by molar-refractivity contribution is 0.0173. The van der Waals surface area contributed by atoms with Gasteiger partial charge in [-0.25, -0.2) is 13.1 Å². The van der Waals surface area contributed by atoms with E-state index < -0.39 is 10.0 Å². The number of ether oxygens (including phenoxy) is 3. The van der Waals surface area contributed by atoms with E-state index in [4.69, 9.17) is 14.2 Å². The van der Waals surface area contributed by atoms with Crippen molar-refractivity contribution in [2.45, 2.75) is 10.9 Å². The van der Waals surface area contributed by atoms with Crippen LogP contribution in [0.25, 0.3) is 0 Å². The summed E-state index contributed by atoms with van der Waals surface area (Å²) in [4.78, 5) is 2.44. The van der Waals surface area contributed by atoms with Crippen molar-refractivity contribution in [2.75, 3.05) is 46.1 Å². The predicted molar refractivity (Wildman–Crippen MR) is 102 cm³/mol. The zero-order valence-corrected chi connectivity index (χ0v) is 16.4. The van der Waals surface area contributed by atoms with Gasteiger partial charge in [-0.05, 0) is 34.5 Å². The van der Waals surface area contributed by atoms with Crippen LogP contribution in [0, 0.1) is 0 Å². The average Bonchev–Trinajstić information content (AvgIpc) is 3.23. The molecule has 0 radical (unpaired) electrons. The van der Waals surface area contributed by atoms with E-state index >= 15 is 0 Å². The summed E-state index contributed by atoms with van der Waals surface area (Å²) in [5, 5.41) is 4.08. The molecule has 4 rings (SSSR count). The highest BCUT2D eigenvalue weighted by molar-refractivity contribution is 7.89. The molecule has 7 nitrogen and oxygen atoms in total. The number of rotatable bonds is 6. The van der Waals surface area contributed by atoms with Crippen molar-refractivity contribution in [3.8, 4) is 11.5 Å². The van der Waals surface area contributed by atoms with Gasteiger partial charge in [-0.2, -0.15) is 11.3 Å². The first-order valence-corrected chi connectivity index (χ1v) is 11.3. The number of thiophene rings is 1. The molecule has 0 saturated carbocycles. The van der Waals surface area contributed by atoms with Crippen LogP contribution in [-0.4, -0.2) is 59.4 Å². The topological polar surface area (TPSA) is 77.1 Å². The van der Waals surface area contributed by atoms with Crippen molar-refractivity contribution in [1.82, 2.24) is 9.62 Å². The Hall–Kier alpha value is -1.65. The number of hydrogen-bond donors (Lipinski definition) is 1. The molecule has 0 unspecified atom stereocenters. The van der Waals surface area contributed by atoms with E-state index in [0.717, 1.165) is 18.7 Å². The van der Waals surface area contributed by atoms with Gasteiger partial charge in [0, 0.05) is 31.7 Å². The van der Waals surface area contributed by atoms with E-state index in [9.17, 15) is 8.42 Å². The van der Waals surface area contributed by atoms with E-state index in [2.05, 4.69) is 15.0 Å². The van der Waals surface area contributed by atoms with Crippen LogP contribution in [0.15, 0.2) is 39.9 Å². The van der Waals surface area contributed by atoms with E-state index in [1.54, 1.807) is 23.5 Å². The molecule has 27 heavy (non-hydrogen) atoms. The van der Waals surface area contributed by atoms with Crippen molar-refractivity contribution in [1.29, 1.82) is 0 Å². The van der Waals surface area contributed by atoms with Gasteiger partial charge in [-0.3, -0.25) is 4.90 Å². The molecule has 0 spiro atoms. The molecule has 3 heterocycles. The molecule has 1 fully saturated rings. The van der Waals surface area contributed by atoms with Crippen molar-refractivity contribution in [3.05, 3.63) is 40.6 Å². The number of morpholine rings is 1. The summed E-state index contributed by atoms with van der Waals surface area (Å²) in [7, 11) is -3.66. The third-order valence-corrected chi connectivity index (χ3v) is 6.83. The average molecular weight is 411 g/mol. The molecule has 1 atom stereocenters. The number of benzene rings is 1. The number of nitrogens with zero attached hydrogens (tertiary/aromatic N) is 1. The van der Waals surface area contributed by atoms with Crippen LogP contribution in [0.1, 0.15) is 11.6 Å². The Balaban J connectivity index is 1.51. The van der Waals surface area contributed by atoms with Crippen molar-refractivity contribution in [2.24, 2.45) is 0 Å². The second-order valence-corrected chi connectivity index (χ2v) is 8.93. The largest absolute Gasteiger partial charge is 0.486 e. The van der Waals surface area contributed by atoms with Gasteiger partial charge in [-0.1, -0.05) is 0 Å². The predicted octanol–water partition coefficient (Wildman–Crippen LogP) is 1.87. The first-order chi connectivity index (χ1) is 13.1. The summed E-state index contributed by atoms with van der Waals surface area (Å²) in [6.45, 7) is 4.08. The Labute approximate surface area is 162 Å². The molecule has 2 aliphatic heterocycles. The summed E-state index contributed by atoms with van der Waals surface area (Å²) in [6, 6.07) is 6.73. The first kappa shape index (κ1) is 18.7. The second kappa shape index (κ2) is 8.15. The van der Waals surface area contributed by atoms with Crippen LogP contribution >= 0.6 is 11.3 Å². The quantitative estimate of drug-likeness (QED) is 0.784. The van der Waals surface area contributed by atoms with Gasteiger partial charge >= 0.3 is 0 Å².